The Balaban J connectivity index is 1.77. The van der Waals surface area contributed by atoms with E-state index in [1.165, 1.54) is 6.07 Å². The van der Waals surface area contributed by atoms with Crippen molar-refractivity contribution in [2.45, 2.75) is 24.9 Å². The number of nitrogens with two attached hydrogens (primary N) is 1. The Hall–Kier alpha value is -2.24. The number of amides is 1. The van der Waals surface area contributed by atoms with Crippen molar-refractivity contribution in [3.05, 3.63) is 59.9 Å². The van der Waals surface area contributed by atoms with Crippen LogP contribution in [-0.2, 0) is 11.2 Å². The highest BCUT2D eigenvalue weighted by Crippen LogP contribution is 2.25. The first-order valence-electron chi connectivity index (χ1n) is 8.98. The quantitative estimate of drug-likeness (QED) is 0.897. The van der Waals surface area contributed by atoms with Crippen molar-refractivity contribution in [1.29, 1.82) is 0 Å². The molecule has 0 spiro atoms. The van der Waals surface area contributed by atoms with Gasteiger partial charge >= 0.3 is 0 Å². The molecule has 2 atom stereocenters. The fourth-order valence-corrected chi connectivity index (χ4v) is 3.52. The number of hydrogen-bond acceptors (Lipinski definition) is 3. The van der Waals surface area contributed by atoms with Gasteiger partial charge in [0.1, 0.15) is 5.82 Å². The summed E-state index contributed by atoms with van der Waals surface area (Å²) in [6, 6.07) is 15.0. The SMILES string of the molecule is CN(C)C(=O)CN1CCC(N)C1Cc1cccc(-c2cccc(F)c2)c1. The fraction of sp³-hybridized carbons (Fsp3) is 0.381. The highest BCUT2D eigenvalue weighted by molar-refractivity contribution is 5.77. The van der Waals surface area contributed by atoms with Gasteiger partial charge in [-0.1, -0.05) is 36.4 Å². The molecule has 1 aliphatic rings. The molecule has 0 aliphatic carbocycles. The zero-order chi connectivity index (χ0) is 18.7. The predicted molar refractivity (Wildman–Crippen MR) is 102 cm³/mol. The van der Waals surface area contributed by atoms with E-state index in [0.717, 1.165) is 36.1 Å². The number of carbonyl (C=O) groups excluding carboxylic acids is 1. The van der Waals surface area contributed by atoms with Crippen molar-refractivity contribution in [2.24, 2.45) is 5.73 Å². The maximum Gasteiger partial charge on any atom is 0.236 e. The zero-order valence-electron chi connectivity index (χ0n) is 15.4. The molecule has 2 aromatic rings. The number of halogens is 1. The molecule has 4 nitrogen and oxygen atoms in total. The van der Waals surface area contributed by atoms with E-state index in [1.54, 1.807) is 31.1 Å². The van der Waals surface area contributed by atoms with Gasteiger partial charge in [0.05, 0.1) is 6.54 Å². The average molecular weight is 355 g/mol. The van der Waals surface area contributed by atoms with Gasteiger partial charge < -0.3 is 10.6 Å². The van der Waals surface area contributed by atoms with Gasteiger partial charge in [0.2, 0.25) is 5.91 Å². The predicted octanol–water partition coefficient (Wildman–Crippen LogP) is 2.53. The monoisotopic (exact) mass is 355 g/mol. The molecule has 5 heteroatoms. The first-order valence-corrected chi connectivity index (χ1v) is 8.98. The van der Waals surface area contributed by atoms with Gasteiger partial charge in [-0.3, -0.25) is 9.69 Å². The summed E-state index contributed by atoms with van der Waals surface area (Å²) in [5.74, 6) is -0.142. The van der Waals surface area contributed by atoms with Gasteiger partial charge in [0.15, 0.2) is 0 Å². The van der Waals surface area contributed by atoms with Crippen LogP contribution in [0.3, 0.4) is 0 Å². The summed E-state index contributed by atoms with van der Waals surface area (Å²) in [6.07, 6.45) is 1.68. The van der Waals surface area contributed by atoms with Crippen molar-refractivity contribution in [3.8, 4) is 11.1 Å². The van der Waals surface area contributed by atoms with Crippen LogP contribution in [0.4, 0.5) is 4.39 Å². The van der Waals surface area contributed by atoms with Crippen LogP contribution in [0.2, 0.25) is 0 Å². The van der Waals surface area contributed by atoms with Crippen LogP contribution in [0.25, 0.3) is 11.1 Å². The minimum atomic E-state index is -0.237. The summed E-state index contributed by atoms with van der Waals surface area (Å²) < 4.78 is 13.5. The van der Waals surface area contributed by atoms with Gasteiger partial charge in [0.25, 0.3) is 0 Å². The third-order valence-electron chi connectivity index (χ3n) is 5.08. The lowest BCUT2D eigenvalue weighted by molar-refractivity contribution is -0.130. The topological polar surface area (TPSA) is 49.6 Å². The Morgan fingerprint density at radius 3 is 2.58 bits per heavy atom. The molecule has 1 aliphatic heterocycles. The molecule has 0 radical (unpaired) electrons. The second-order valence-corrected chi connectivity index (χ2v) is 7.19. The van der Waals surface area contributed by atoms with Crippen LogP contribution in [-0.4, -0.2) is 55.0 Å². The number of likely N-dealkylation sites (tertiary alicyclic amines) is 1. The molecule has 2 N–H and O–H groups in total. The molecule has 2 unspecified atom stereocenters. The van der Waals surface area contributed by atoms with Gasteiger partial charge in [-0.05, 0) is 41.7 Å². The third kappa shape index (κ3) is 4.29. The van der Waals surface area contributed by atoms with E-state index >= 15 is 0 Å². The van der Waals surface area contributed by atoms with Crippen molar-refractivity contribution in [1.82, 2.24) is 9.80 Å². The van der Waals surface area contributed by atoms with Crippen LogP contribution in [0.1, 0.15) is 12.0 Å². The van der Waals surface area contributed by atoms with E-state index in [-0.39, 0.29) is 23.8 Å². The molecule has 1 heterocycles. The van der Waals surface area contributed by atoms with Crippen LogP contribution in [0.15, 0.2) is 48.5 Å². The summed E-state index contributed by atoms with van der Waals surface area (Å²) in [4.78, 5) is 15.9. The molecule has 26 heavy (non-hydrogen) atoms. The molecule has 2 aromatic carbocycles. The highest BCUT2D eigenvalue weighted by atomic mass is 19.1. The normalized spacial score (nSPS) is 20.3. The lowest BCUT2D eigenvalue weighted by Gasteiger charge is -2.27. The minimum Gasteiger partial charge on any atom is -0.348 e. The highest BCUT2D eigenvalue weighted by Gasteiger charge is 2.33. The maximum absolute atomic E-state index is 13.5. The van der Waals surface area contributed by atoms with E-state index < -0.39 is 0 Å². The largest absolute Gasteiger partial charge is 0.348 e. The number of nitrogens with zero attached hydrogens (tertiary/aromatic N) is 2. The number of rotatable bonds is 5. The first-order chi connectivity index (χ1) is 12.4. The second kappa shape index (κ2) is 7.98. The Labute approximate surface area is 154 Å². The summed E-state index contributed by atoms with van der Waals surface area (Å²) in [5.41, 5.74) is 9.32. The Kier molecular flexibility index (Phi) is 5.69. The summed E-state index contributed by atoms with van der Waals surface area (Å²) >= 11 is 0. The summed E-state index contributed by atoms with van der Waals surface area (Å²) in [6.45, 7) is 1.24. The van der Waals surface area contributed by atoms with Crippen molar-refractivity contribution >= 4 is 5.91 Å². The van der Waals surface area contributed by atoms with E-state index in [0.29, 0.717) is 6.54 Å². The average Bonchev–Trinajstić information content (AvgIpc) is 2.95. The molecule has 0 bridgehead atoms. The maximum atomic E-state index is 13.5. The Morgan fingerprint density at radius 1 is 1.19 bits per heavy atom. The second-order valence-electron chi connectivity index (χ2n) is 7.19. The Bertz CT molecular complexity index is 777. The van der Waals surface area contributed by atoms with Crippen molar-refractivity contribution in [2.75, 3.05) is 27.2 Å². The van der Waals surface area contributed by atoms with Crippen LogP contribution < -0.4 is 5.73 Å². The van der Waals surface area contributed by atoms with E-state index in [2.05, 4.69) is 17.0 Å². The van der Waals surface area contributed by atoms with E-state index in [4.69, 9.17) is 5.73 Å². The minimum absolute atomic E-state index is 0.0581. The smallest absolute Gasteiger partial charge is 0.236 e. The molecule has 1 fully saturated rings. The van der Waals surface area contributed by atoms with Gasteiger partial charge in [0, 0.05) is 32.7 Å². The van der Waals surface area contributed by atoms with Crippen molar-refractivity contribution < 1.29 is 9.18 Å². The molecule has 0 aromatic heterocycles. The van der Waals surface area contributed by atoms with E-state index in [9.17, 15) is 9.18 Å². The number of carbonyl (C=O) groups is 1. The third-order valence-corrected chi connectivity index (χ3v) is 5.08. The number of likely N-dealkylation sites (N-methyl/N-ethyl adjacent to an activating group) is 1. The van der Waals surface area contributed by atoms with Crippen LogP contribution in [0, 0.1) is 5.82 Å². The fourth-order valence-electron chi connectivity index (χ4n) is 3.52. The first kappa shape index (κ1) is 18.5. The molecule has 138 valence electrons. The molecule has 1 saturated heterocycles. The Morgan fingerprint density at radius 2 is 1.88 bits per heavy atom. The molecule has 3 rings (SSSR count). The van der Waals surface area contributed by atoms with Gasteiger partial charge in [-0.25, -0.2) is 4.39 Å². The van der Waals surface area contributed by atoms with Crippen molar-refractivity contribution in [3.63, 3.8) is 0 Å². The van der Waals surface area contributed by atoms with Crippen LogP contribution in [0.5, 0.6) is 0 Å². The summed E-state index contributed by atoms with van der Waals surface area (Å²) in [5, 5.41) is 0. The number of hydrogen-bond donors (Lipinski definition) is 1. The standard InChI is InChI=1S/C21H26FN3O/c1-24(2)21(26)14-25-10-9-19(23)20(25)12-15-5-3-6-16(11-15)17-7-4-8-18(22)13-17/h3-8,11,13,19-20H,9-10,12,14,23H2,1-2H3. The van der Waals surface area contributed by atoms with E-state index in [1.807, 2.05) is 18.2 Å². The summed E-state index contributed by atoms with van der Waals surface area (Å²) in [7, 11) is 3.55. The molecule has 1 amide bonds. The molecular formula is C21H26FN3O. The molecular weight excluding hydrogens is 329 g/mol. The zero-order valence-corrected chi connectivity index (χ0v) is 15.4. The number of benzene rings is 2. The van der Waals surface area contributed by atoms with Gasteiger partial charge in [-0.2, -0.15) is 0 Å². The lowest BCUT2D eigenvalue weighted by Crippen LogP contribution is -2.45. The van der Waals surface area contributed by atoms with Gasteiger partial charge in [-0.15, -0.1) is 0 Å². The lowest BCUT2D eigenvalue weighted by atomic mass is 9.97. The van der Waals surface area contributed by atoms with Crippen LogP contribution >= 0.6 is 0 Å². The molecule has 0 saturated carbocycles.